The average Bonchev–Trinajstić information content (AvgIpc) is 3.25. The van der Waals surface area contributed by atoms with Gasteiger partial charge in [0.15, 0.2) is 4.77 Å². The zero-order chi connectivity index (χ0) is 25.6. The van der Waals surface area contributed by atoms with Crippen molar-refractivity contribution in [2.75, 3.05) is 13.1 Å². The minimum Gasteiger partial charge on any atom is -0.465 e. The smallest absolute Gasteiger partial charge is 0.407 e. The summed E-state index contributed by atoms with van der Waals surface area (Å²) in [6, 6.07) is 29.4. The molecule has 1 amide bonds. The lowest BCUT2D eigenvalue weighted by Crippen LogP contribution is -2.46. The number of rotatable bonds is 9. The second-order valence-electron chi connectivity index (χ2n) is 9.95. The maximum Gasteiger partial charge on any atom is 0.407 e. The summed E-state index contributed by atoms with van der Waals surface area (Å²) in [7, 11) is 0. The van der Waals surface area contributed by atoms with E-state index in [0.717, 1.165) is 56.4 Å². The molecule has 0 radical (unpaired) electrons. The van der Waals surface area contributed by atoms with Gasteiger partial charge in [0, 0.05) is 31.7 Å². The summed E-state index contributed by atoms with van der Waals surface area (Å²) < 4.78 is 2.92. The van der Waals surface area contributed by atoms with E-state index < -0.39 is 6.09 Å². The van der Waals surface area contributed by atoms with E-state index in [4.69, 9.17) is 12.2 Å². The minimum atomic E-state index is -0.823. The molecule has 5 rings (SSSR count). The molecule has 3 aromatic carbocycles. The first-order chi connectivity index (χ1) is 18.1. The Morgan fingerprint density at radius 2 is 1.57 bits per heavy atom. The van der Waals surface area contributed by atoms with Gasteiger partial charge in [0.2, 0.25) is 0 Å². The van der Waals surface area contributed by atoms with E-state index in [0.29, 0.717) is 11.3 Å². The molecule has 1 saturated heterocycles. The number of nitrogens with one attached hydrogen (secondary N) is 1. The molecule has 37 heavy (non-hydrogen) atoms. The van der Waals surface area contributed by atoms with Crippen LogP contribution in [0.25, 0.3) is 11.0 Å². The van der Waals surface area contributed by atoms with Crippen molar-refractivity contribution in [3.63, 3.8) is 0 Å². The lowest BCUT2D eigenvalue weighted by atomic mass is 9.93. The van der Waals surface area contributed by atoms with Gasteiger partial charge in [0.25, 0.3) is 0 Å². The Hall–Kier alpha value is -3.42. The van der Waals surface area contributed by atoms with Crippen LogP contribution in [-0.4, -0.2) is 49.7 Å². The predicted molar refractivity (Wildman–Crippen MR) is 150 cm³/mol. The highest BCUT2D eigenvalue weighted by molar-refractivity contribution is 7.71. The van der Waals surface area contributed by atoms with Gasteiger partial charge in [-0.05, 0) is 67.7 Å². The molecule has 1 aliphatic rings. The second kappa shape index (κ2) is 11.8. The third-order valence-electron chi connectivity index (χ3n) is 7.43. The summed E-state index contributed by atoms with van der Waals surface area (Å²) >= 11 is 5.67. The van der Waals surface area contributed by atoms with Crippen LogP contribution >= 0.6 is 12.2 Å². The minimum absolute atomic E-state index is 0.0258. The fourth-order valence-corrected chi connectivity index (χ4v) is 6.03. The number of piperidine rings is 1. The number of fused-ring (bicyclic) bond motifs is 1. The predicted octanol–water partition coefficient (Wildman–Crippen LogP) is 6.86. The second-order valence-corrected chi connectivity index (χ2v) is 10.3. The summed E-state index contributed by atoms with van der Waals surface area (Å²) in [5.41, 5.74) is 4.70. The van der Waals surface area contributed by atoms with Crippen LogP contribution in [-0.2, 0) is 13.1 Å². The van der Waals surface area contributed by atoms with Gasteiger partial charge in [-0.2, -0.15) is 0 Å². The number of imidazole rings is 1. The number of carbonyl (C=O) groups is 1. The molecule has 2 heterocycles. The molecular formula is C30H34N4O2S. The molecule has 1 aliphatic heterocycles. The number of para-hydroxylation sites is 2. The fourth-order valence-electron chi connectivity index (χ4n) is 5.67. The van der Waals surface area contributed by atoms with Crippen LogP contribution in [0.15, 0.2) is 84.9 Å². The Kier molecular flexibility index (Phi) is 8.02. The molecule has 1 aromatic heterocycles. The lowest BCUT2D eigenvalue weighted by Gasteiger charge is -2.39. The fraction of sp³-hybridized carbons (Fsp3) is 0.333. The molecule has 192 valence electrons. The van der Waals surface area contributed by atoms with Crippen molar-refractivity contribution in [3.8, 4) is 0 Å². The Labute approximate surface area is 223 Å². The monoisotopic (exact) mass is 514 g/mol. The highest BCUT2D eigenvalue weighted by Gasteiger charge is 2.33. The van der Waals surface area contributed by atoms with E-state index >= 15 is 0 Å². The van der Waals surface area contributed by atoms with Crippen molar-refractivity contribution < 1.29 is 9.90 Å². The summed E-state index contributed by atoms with van der Waals surface area (Å²) in [4.78, 5) is 19.5. The van der Waals surface area contributed by atoms with Gasteiger partial charge >= 0.3 is 6.09 Å². The first-order valence-corrected chi connectivity index (χ1v) is 13.5. The molecule has 1 fully saturated rings. The normalized spacial score (nSPS) is 17.9. The van der Waals surface area contributed by atoms with E-state index in [2.05, 4.69) is 69.0 Å². The standard InChI is InChI=1S/C30H34N4O2S/c35-30(36)33-19-17-26(34-28-16-8-7-15-27(28)31-29(34)37)20-25(33)14-9-18-32(21-23-10-3-1-4-11-23)22-24-12-5-2-6-13-24/h1-8,10-13,15-16,25-26H,9,14,17-22H2,(H,31,37)(H,35,36)/t25-,26-/m0/s1. The molecule has 0 spiro atoms. The number of hydrogen-bond acceptors (Lipinski definition) is 3. The topological polar surface area (TPSA) is 64.5 Å². The summed E-state index contributed by atoms with van der Waals surface area (Å²) in [5, 5.41) is 9.93. The van der Waals surface area contributed by atoms with Crippen LogP contribution in [0.3, 0.4) is 0 Å². The number of amides is 1. The third-order valence-corrected chi connectivity index (χ3v) is 7.73. The van der Waals surface area contributed by atoms with E-state index in [1.165, 1.54) is 11.1 Å². The molecule has 0 aliphatic carbocycles. The number of H-pyrrole nitrogens is 1. The molecule has 2 N–H and O–H groups in total. The largest absolute Gasteiger partial charge is 0.465 e. The average molecular weight is 515 g/mol. The van der Waals surface area contributed by atoms with E-state index in [9.17, 15) is 9.90 Å². The number of aromatic amines is 1. The van der Waals surface area contributed by atoms with Crippen molar-refractivity contribution >= 4 is 29.3 Å². The molecule has 0 unspecified atom stereocenters. The van der Waals surface area contributed by atoms with Crippen LogP contribution in [0.2, 0.25) is 0 Å². The molecule has 7 heteroatoms. The Morgan fingerprint density at radius 1 is 0.946 bits per heavy atom. The quantitative estimate of drug-likeness (QED) is 0.239. The van der Waals surface area contributed by atoms with Crippen molar-refractivity contribution in [2.24, 2.45) is 0 Å². The SMILES string of the molecule is O=C(O)N1CC[C@H](n2c(=S)[nH]c3ccccc32)C[C@@H]1CCCN(Cc1ccccc1)Cc1ccccc1. The van der Waals surface area contributed by atoms with Gasteiger partial charge in [-0.1, -0.05) is 72.8 Å². The third kappa shape index (κ3) is 6.12. The maximum atomic E-state index is 12.1. The maximum absolute atomic E-state index is 12.1. The van der Waals surface area contributed by atoms with Crippen LogP contribution in [0, 0.1) is 4.77 Å². The highest BCUT2D eigenvalue weighted by Crippen LogP contribution is 2.32. The van der Waals surface area contributed by atoms with Gasteiger partial charge < -0.3 is 19.6 Å². The van der Waals surface area contributed by atoms with Crippen LogP contribution in [0.5, 0.6) is 0 Å². The van der Waals surface area contributed by atoms with E-state index in [1.54, 1.807) is 4.90 Å². The molecular weight excluding hydrogens is 480 g/mol. The first-order valence-electron chi connectivity index (χ1n) is 13.1. The summed E-state index contributed by atoms with van der Waals surface area (Å²) in [6.07, 6.45) is 2.49. The van der Waals surface area contributed by atoms with Gasteiger partial charge in [0.05, 0.1) is 11.0 Å². The van der Waals surface area contributed by atoms with Crippen molar-refractivity contribution in [1.29, 1.82) is 0 Å². The van der Waals surface area contributed by atoms with E-state index in [1.807, 2.05) is 30.3 Å². The zero-order valence-electron chi connectivity index (χ0n) is 21.0. The Morgan fingerprint density at radius 3 is 2.22 bits per heavy atom. The van der Waals surface area contributed by atoms with Crippen LogP contribution in [0.4, 0.5) is 4.79 Å². The zero-order valence-corrected chi connectivity index (χ0v) is 21.8. The first kappa shape index (κ1) is 25.2. The summed E-state index contributed by atoms with van der Waals surface area (Å²) in [5.74, 6) is 0. The molecule has 4 aromatic rings. The lowest BCUT2D eigenvalue weighted by molar-refractivity contribution is 0.0856. The van der Waals surface area contributed by atoms with Crippen LogP contribution < -0.4 is 0 Å². The Balaban J connectivity index is 1.28. The molecule has 0 bridgehead atoms. The molecule has 0 saturated carbocycles. The van der Waals surface area contributed by atoms with Gasteiger partial charge in [-0.3, -0.25) is 4.90 Å². The van der Waals surface area contributed by atoms with Crippen molar-refractivity contribution in [1.82, 2.24) is 19.4 Å². The molecule has 2 atom stereocenters. The number of benzene rings is 3. The van der Waals surface area contributed by atoms with Gasteiger partial charge in [-0.25, -0.2) is 4.79 Å². The van der Waals surface area contributed by atoms with Gasteiger partial charge in [0.1, 0.15) is 0 Å². The molecule has 6 nitrogen and oxygen atoms in total. The number of hydrogen-bond donors (Lipinski definition) is 2. The number of carboxylic acid groups (broad SMARTS) is 1. The Bertz CT molecular complexity index is 1330. The van der Waals surface area contributed by atoms with Crippen molar-refractivity contribution in [2.45, 2.75) is 50.9 Å². The number of aromatic nitrogens is 2. The summed E-state index contributed by atoms with van der Waals surface area (Å²) in [6.45, 7) is 3.18. The van der Waals surface area contributed by atoms with Crippen LogP contribution in [0.1, 0.15) is 42.9 Å². The number of nitrogens with zero attached hydrogens (tertiary/aromatic N) is 3. The van der Waals surface area contributed by atoms with E-state index in [-0.39, 0.29) is 12.1 Å². The van der Waals surface area contributed by atoms with Gasteiger partial charge in [-0.15, -0.1) is 0 Å². The highest BCUT2D eigenvalue weighted by atomic mass is 32.1. The number of likely N-dealkylation sites (tertiary alicyclic amines) is 1. The van der Waals surface area contributed by atoms with Crippen molar-refractivity contribution in [3.05, 3.63) is 101 Å².